The number of morpholine rings is 1. The Balaban J connectivity index is 2.30. The number of aromatic nitrogens is 1. The highest BCUT2D eigenvalue weighted by Gasteiger charge is 2.35. The van der Waals surface area contributed by atoms with Crippen molar-refractivity contribution in [1.82, 2.24) is 9.29 Å². The number of nitrogens with zero attached hydrogens (tertiary/aromatic N) is 1. The Labute approximate surface area is 113 Å². The summed E-state index contributed by atoms with van der Waals surface area (Å²) in [5, 5.41) is 9.01. The molecule has 0 radical (unpaired) electrons. The number of aliphatic hydroxyl groups is 1. The zero-order chi connectivity index (χ0) is 14.0. The molecule has 1 saturated heterocycles. The van der Waals surface area contributed by atoms with Crippen LogP contribution in [0.1, 0.15) is 26.0 Å². The number of ether oxygens (including phenoxy) is 1. The molecule has 2 N–H and O–H groups in total. The third kappa shape index (κ3) is 2.84. The number of nitrogens with one attached hydrogen (secondary N) is 1. The van der Waals surface area contributed by atoms with Gasteiger partial charge in [-0.1, -0.05) is 6.92 Å². The van der Waals surface area contributed by atoms with Gasteiger partial charge in [0.2, 0.25) is 10.0 Å². The Hall–Kier alpha value is -0.890. The van der Waals surface area contributed by atoms with Crippen molar-refractivity contribution in [3.8, 4) is 0 Å². The average Bonchev–Trinajstić information content (AvgIpc) is 2.88. The molecule has 0 aliphatic carbocycles. The van der Waals surface area contributed by atoms with Crippen LogP contribution in [-0.4, -0.2) is 48.1 Å². The molecule has 0 aromatic carbocycles. The summed E-state index contributed by atoms with van der Waals surface area (Å²) in [6.45, 7) is 4.40. The van der Waals surface area contributed by atoms with E-state index in [1.165, 1.54) is 16.6 Å². The summed E-state index contributed by atoms with van der Waals surface area (Å²) in [5.41, 5.74) is 0.493. The van der Waals surface area contributed by atoms with Crippen LogP contribution in [0.25, 0.3) is 0 Å². The first-order chi connectivity index (χ1) is 8.98. The lowest BCUT2D eigenvalue weighted by Gasteiger charge is -2.36. The van der Waals surface area contributed by atoms with Crippen LogP contribution in [0.4, 0.5) is 0 Å². The van der Waals surface area contributed by atoms with Gasteiger partial charge < -0.3 is 14.8 Å². The fourth-order valence-electron chi connectivity index (χ4n) is 2.22. The van der Waals surface area contributed by atoms with Crippen LogP contribution in [0, 0.1) is 0 Å². The molecule has 2 atom stereocenters. The minimum absolute atomic E-state index is 0.103. The first kappa shape index (κ1) is 14.5. The smallest absolute Gasteiger partial charge is 0.245 e. The maximum atomic E-state index is 12.6. The summed E-state index contributed by atoms with van der Waals surface area (Å²) in [5.74, 6) is 0. The lowest BCUT2D eigenvalue weighted by Crippen LogP contribution is -2.51. The van der Waals surface area contributed by atoms with Crippen molar-refractivity contribution in [2.45, 2.75) is 43.9 Å². The Morgan fingerprint density at radius 1 is 1.58 bits per heavy atom. The van der Waals surface area contributed by atoms with E-state index in [-0.39, 0.29) is 23.6 Å². The van der Waals surface area contributed by atoms with Gasteiger partial charge in [-0.3, -0.25) is 0 Å². The fraction of sp³-hybridized carbons (Fsp3) is 0.667. The van der Waals surface area contributed by atoms with Crippen LogP contribution in [0.2, 0.25) is 0 Å². The summed E-state index contributed by atoms with van der Waals surface area (Å²) < 4.78 is 32.2. The third-order valence-corrected chi connectivity index (χ3v) is 5.28. The molecule has 108 valence electrons. The molecule has 1 fully saturated rings. The summed E-state index contributed by atoms with van der Waals surface area (Å²) in [6, 6.07) is 1.34. The molecule has 2 heterocycles. The number of rotatable bonds is 4. The van der Waals surface area contributed by atoms with Crippen LogP contribution in [0.3, 0.4) is 0 Å². The van der Waals surface area contributed by atoms with Crippen LogP contribution in [0.5, 0.6) is 0 Å². The zero-order valence-corrected chi connectivity index (χ0v) is 12.0. The topological polar surface area (TPSA) is 82.6 Å². The van der Waals surface area contributed by atoms with Crippen molar-refractivity contribution in [1.29, 1.82) is 0 Å². The fourth-order valence-corrected chi connectivity index (χ4v) is 4.00. The molecule has 7 heteroatoms. The Morgan fingerprint density at radius 2 is 2.32 bits per heavy atom. The molecule has 19 heavy (non-hydrogen) atoms. The van der Waals surface area contributed by atoms with Gasteiger partial charge in [0.15, 0.2) is 0 Å². The average molecular weight is 288 g/mol. The van der Waals surface area contributed by atoms with Crippen LogP contribution < -0.4 is 0 Å². The van der Waals surface area contributed by atoms with E-state index in [1.807, 2.05) is 13.8 Å². The number of sulfonamides is 1. The molecule has 6 nitrogen and oxygen atoms in total. The van der Waals surface area contributed by atoms with E-state index in [0.717, 1.165) is 0 Å². The van der Waals surface area contributed by atoms with Crippen molar-refractivity contribution in [3.63, 3.8) is 0 Å². The predicted molar refractivity (Wildman–Crippen MR) is 70.1 cm³/mol. The minimum atomic E-state index is -3.53. The van der Waals surface area contributed by atoms with E-state index in [0.29, 0.717) is 25.3 Å². The van der Waals surface area contributed by atoms with Gasteiger partial charge in [-0.05, 0) is 19.4 Å². The minimum Gasteiger partial charge on any atom is -0.390 e. The van der Waals surface area contributed by atoms with E-state index >= 15 is 0 Å². The van der Waals surface area contributed by atoms with Crippen molar-refractivity contribution >= 4 is 10.0 Å². The van der Waals surface area contributed by atoms with E-state index in [9.17, 15) is 8.42 Å². The zero-order valence-electron chi connectivity index (χ0n) is 11.2. The molecule has 1 aromatic rings. The van der Waals surface area contributed by atoms with E-state index in [2.05, 4.69) is 4.98 Å². The number of H-pyrrole nitrogens is 1. The third-order valence-electron chi connectivity index (χ3n) is 3.38. The normalized spacial score (nSPS) is 25.6. The first-order valence-corrected chi connectivity index (χ1v) is 7.84. The number of aliphatic hydroxyl groups excluding tert-OH is 1. The number of hydrogen-bond acceptors (Lipinski definition) is 4. The van der Waals surface area contributed by atoms with Crippen molar-refractivity contribution in [2.24, 2.45) is 0 Å². The highest BCUT2D eigenvalue weighted by Crippen LogP contribution is 2.24. The molecule has 2 rings (SSSR count). The lowest BCUT2D eigenvalue weighted by atomic mass is 10.2. The van der Waals surface area contributed by atoms with Crippen molar-refractivity contribution in [3.05, 3.63) is 18.0 Å². The summed E-state index contributed by atoms with van der Waals surface area (Å²) >= 11 is 0. The summed E-state index contributed by atoms with van der Waals surface area (Å²) in [6.07, 6.45) is 2.03. The molecular weight excluding hydrogens is 268 g/mol. The predicted octanol–water partition coefficient (Wildman–Crippen LogP) is 0.695. The van der Waals surface area contributed by atoms with Crippen LogP contribution in [0.15, 0.2) is 17.2 Å². The van der Waals surface area contributed by atoms with Gasteiger partial charge in [0.1, 0.15) is 0 Å². The Morgan fingerprint density at radius 3 is 2.89 bits per heavy atom. The standard InChI is InChI=1S/C12H20N2O4S/c1-3-11-8-18-9(2)6-14(11)19(16,17)12-4-10(7-15)13-5-12/h4-5,9,11,13,15H,3,6-8H2,1-2H3. The SMILES string of the molecule is CCC1COC(C)CN1S(=O)(=O)c1c[nH]c(CO)c1. The highest BCUT2D eigenvalue weighted by atomic mass is 32.2. The van der Waals surface area contributed by atoms with Gasteiger partial charge in [-0.2, -0.15) is 4.31 Å². The highest BCUT2D eigenvalue weighted by molar-refractivity contribution is 7.89. The Bertz CT molecular complexity index is 526. The van der Waals surface area contributed by atoms with Gasteiger partial charge >= 0.3 is 0 Å². The maximum Gasteiger partial charge on any atom is 0.245 e. The molecule has 2 unspecified atom stereocenters. The van der Waals surface area contributed by atoms with Gasteiger partial charge in [0.25, 0.3) is 0 Å². The van der Waals surface area contributed by atoms with Gasteiger partial charge in [-0.15, -0.1) is 0 Å². The number of aromatic amines is 1. The lowest BCUT2D eigenvalue weighted by molar-refractivity contribution is -0.0230. The summed E-state index contributed by atoms with van der Waals surface area (Å²) in [7, 11) is -3.53. The van der Waals surface area contributed by atoms with E-state index in [1.54, 1.807) is 0 Å². The molecule has 1 aliphatic rings. The van der Waals surface area contributed by atoms with Crippen LogP contribution in [-0.2, 0) is 21.4 Å². The molecule has 1 aliphatic heterocycles. The van der Waals surface area contributed by atoms with Gasteiger partial charge in [0.05, 0.1) is 24.2 Å². The molecule has 0 spiro atoms. The van der Waals surface area contributed by atoms with Gasteiger partial charge in [-0.25, -0.2) is 8.42 Å². The van der Waals surface area contributed by atoms with Gasteiger partial charge in [0, 0.05) is 24.5 Å². The monoisotopic (exact) mass is 288 g/mol. The van der Waals surface area contributed by atoms with E-state index < -0.39 is 10.0 Å². The Kier molecular flexibility index (Phi) is 4.29. The quantitative estimate of drug-likeness (QED) is 0.854. The molecule has 0 bridgehead atoms. The molecule has 0 amide bonds. The molecular formula is C12H20N2O4S. The second-order valence-corrected chi connectivity index (χ2v) is 6.69. The maximum absolute atomic E-state index is 12.6. The number of hydrogen-bond donors (Lipinski definition) is 2. The van der Waals surface area contributed by atoms with E-state index in [4.69, 9.17) is 9.84 Å². The summed E-state index contributed by atoms with van der Waals surface area (Å²) in [4.78, 5) is 2.96. The van der Waals surface area contributed by atoms with Crippen molar-refractivity contribution < 1.29 is 18.3 Å². The van der Waals surface area contributed by atoms with Crippen molar-refractivity contribution in [2.75, 3.05) is 13.2 Å². The second-order valence-electron chi connectivity index (χ2n) is 4.80. The van der Waals surface area contributed by atoms with Crippen LogP contribution >= 0.6 is 0 Å². The second kappa shape index (κ2) is 5.62. The molecule has 1 aromatic heterocycles. The largest absolute Gasteiger partial charge is 0.390 e. The molecule has 0 saturated carbocycles. The first-order valence-electron chi connectivity index (χ1n) is 6.40.